The van der Waals surface area contributed by atoms with Crippen LogP contribution in [0.4, 0.5) is 4.79 Å². The fourth-order valence-electron chi connectivity index (χ4n) is 3.02. The molecule has 1 atom stereocenters. The minimum absolute atomic E-state index is 0.0475. The molecule has 1 saturated carbocycles. The SMILES string of the molecule is O=C(NCC1CC1)N1CCC(C(O)c2ccc(Cl)cc2)CC1. The Balaban J connectivity index is 1.47. The maximum Gasteiger partial charge on any atom is 0.317 e. The number of urea groups is 1. The van der Waals surface area contributed by atoms with Gasteiger partial charge in [-0.15, -0.1) is 0 Å². The van der Waals surface area contributed by atoms with E-state index in [1.807, 2.05) is 17.0 Å². The zero-order valence-corrected chi connectivity index (χ0v) is 13.4. The lowest BCUT2D eigenvalue weighted by Crippen LogP contribution is -2.45. The van der Waals surface area contributed by atoms with Gasteiger partial charge in [-0.25, -0.2) is 4.79 Å². The van der Waals surface area contributed by atoms with Crippen molar-refractivity contribution >= 4 is 17.6 Å². The van der Waals surface area contributed by atoms with Gasteiger partial charge in [0.2, 0.25) is 0 Å². The van der Waals surface area contributed by atoms with E-state index >= 15 is 0 Å². The molecule has 5 heteroatoms. The van der Waals surface area contributed by atoms with Crippen LogP contribution in [0.2, 0.25) is 5.02 Å². The predicted octanol–water partition coefficient (Wildman–Crippen LogP) is 3.21. The molecule has 0 aromatic heterocycles. The topological polar surface area (TPSA) is 52.6 Å². The molecular formula is C17H23ClN2O2. The van der Waals surface area contributed by atoms with Crippen LogP contribution in [-0.4, -0.2) is 35.7 Å². The van der Waals surface area contributed by atoms with Crippen LogP contribution in [0.1, 0.15) is 37.4 Å². The van der Waals surface area contributed by atoms with Crippen LogP contribution in [0.25, 0.3) is 0 Å². The van der Waals surface area contributed by atoms with E-state index in [1.165, 1.54) is 12.8 Å². The number of halogens is 1. The second kappa shape index (κ2) is 6.88. The van der Waals surface area contributed by atoms with E-state index in [4.69, 9.17) is 11.6 Å². The van der Waals surface area contributed by atoms with E-state index < -0.39 is 6.10 Å². The number of piperidine rings is 1. The number of nitrogens with zero attached hydrogens (tertiary/aromatic N) is 1. The Labute approximate surface area is 136 Å². The average molecular weight is 323 g/mol. The van der Waals surface area contributed by atoms with Crippen LogP contribution in [0.3, 0.4) is 0 Å². The molecule has 1 saturated heterocycles. The summed E-state index contributed by atoms with van der Waals surface area (Å²) in [6, 6.07) is 7.41. The van der Waals surface area contributed by atoms with E-state index in [0.29, 0.717) is 24.0 Å². The van der Waals surface area contributed by atoms with Gasteiger partial charge in [0.25, 0.3) is 0 Å². The van der Waals surface area contributed by atoms with Crippen LogP contribution in [0.5, 0.6) is 0 Å². The zero-order valence-electron chi connectivity index (χ0n) is 12.7. The fourth-order valence-corrected chi connectivity index (χ4v) is 3.14. The Hall–Kier alpha value is -1.26. The predicted molar refractivity (Wildman–Crippen MR) is 86.8 cm³/mol. The van der Waals surface area contributed by atoms with Crippen molar-refractivity contribution in [3.8, 4) is 0 Å². The summed E-state index contributed by atoms with van der Waals surface area (Å²) in [6.45, 7) is 2.24. The standard InChI is InChI=1S/C17H23ClN2O2/c18-15-5-3-13(4-6-15)16(21)14-7-9-20(10-8-14)17(22)19-11-12-1-2-12/h3-6,12,14,16,21H,1-2,7-11H2,(H,19,22). The number of nitrogens with one attached hydrogen (secondary N) is 1. The molecule has 1 unspecified atom stereocenters. The number of aliphatic hydroxyl groups is 1. The van der Waals surface area contributed by atoms with Crippen LogP contribution in [0, 0.1) is 11.8 Å². The molecule has 3 rings (SSSR count). The number of hydrogen-bond acceptors (Lipinski definition) is 2. The van der Waals surface area contributed by atoms with E-state index in [-0.39, 0.29) is 11.9 Å². The molecule has 22 heavy (non-hydrogen) atoms. The third-order valence-electron chi connectivity index (χ3n) is 4.72. The second-order valence-corrected chi connectivity index (χ2v) is 6.89. The molecule has 2 amide bonds. The van der Waals surface area contributed by atoms with Crippen molar-refractivity contribution in [2.24, 2.45) is 11.8 Å². The van der Waals surface area contributed by atoms with Gasteiger partial charge in [0, 0.05) is 24.7 Å². The second-order valence-electron chi connectivity index (χ2n) is 6.45. The van der Waals surface area contributed by atoms with Crippen molar-refractivity contribution in [2.75, 3.05) is 19.6 Å². The minimum atomic E-state index is -0.478. The highest BCUT2D eigenvalue weighted by Gasteiger charge is 2.29. The molecular weight excluding hydrogens is 300 g/mol. The summed E-state index contributed by atoms with van der Waals surface area (Å²) in [5.74, 6) is 0.905. The highest BCUT2D eigenvalue weighted by molar-refractivity contribution is 6.30. The average Bonchev–Trinajstić information content (AvgIpc) is 3.37. The lowest BCUT2D eigenvalue weighted by atomic mass is 9.87. The monoisotopic (exact) mass is 322 g/mol. The zero-order chi connectivity index (χ0) is 15.5. The lowest BCUT2D eigenvalue weighted by molar-refractivity contribution is 0.0665. The molecule has 2 N–H and O–H groups in total. The molecule has 1 heterocycles. The van der Waals surface area contributed by atoms with Gasteiger partial charge in [-0.3, -0.25) is 0 Å². The normalized spacial score (nSPS) is 20.7. The van der Waals surface area contributed by atoms with E-state index in [2.05, 4.69) is 5.32 Å². The molecule has 120 valence electrons. The Morgan fingerprint density at radius 1 is 1.23 bits per heavy atom. The smallest absolute Gasteiger partial charge is 0.317 e. The summed E-state index contributed by atoms with van der Waals surface area (Å²) in [4.78, 5) is 13.9. The van der Waals surface area contributed by atoms with Crippen molar-refractivity contribution in [2.45, 2.75) is 31.8 Å². The van der Waals surface area contributed by atoms with Gasteiger partial charge in [0.15, 0.2) is 0 Å². The van der Waals surface area contributed by atoms with Gasteiger partial charge in [-0.1, -0.05) is 23.7 Å². The number of carbonyl (C=O) groups excluding carboxylic acids is 1. The van der Waals surface area contributed by atoms with Gasteiger partial charge in [0.1, 0.15) is 0 Å². The molecule has 2 fully saturated rings. The number of rotatable bonds is 4. The highest BCUT2D eigenvalue weighted by atomic mass is 35.5. The maximum atomic E-state index is 12.1. The quantitative estimate of drug-likeness (QED) is 0.894. The van der Waals surface area contributed by atoms with Gasteiger partial charge >= 0.3 is 6.03 Å². The number of benzene rings is 1. The van der Waals surface area contributed by atoms with Crippen molar-refractivity contribution in [3.05, 3.63) is 34.9 Å². The Kier molecular flexibility index (Phi) is 4.89. The van der Waals surface area contributed by atoms with Crippen LogP contribution < -0.4 is 5.32 Å². The number of likely N-dealkylation sites (tertiary alicyclic amines) is 1. The Morgan fingerprint density at radius 2 is 1.86 bits per heavy atom. The summed E-state index contributed by atoms with van der Waals surface area (Å²) in [5.41, 5.74) is 0.904. The summed E-state index contributed by atoms with van der Waals surface area (Å²) >= 11 is 5.88. The van der Waals surface area contributed by atoms with Crippen LogP contribution in [-0.2, 0) is 0 Å². The minimum Gasteiger partial charge on any atom is -0.388 e. The molecule has 4 nitrogen and oxygen atoms in total. The Bertz CT molecular complexity index is 508. The number of hydrogen-bond donors (Lipinski definition) is 2. The molecule has 1 aromatic carbocycles. The lowest BCUT2D eigenvalue weighted by Gasteiger charge is -2.34. The van der Waals surface area contributed by atoms with E-state index in [1.54, 1.807) is 12.1 Å². The molecule has 0 spiro atoms. The fraction of sp³-hybridized carbons (Fsp3) is 0.588. The summed E-state index contributed by atoms with van der Waals surface area (Å²) in [7, 11) is 0. The first kappa shape index (κ1) is 15.6. The number of amides is 2. The molecule has 1 aliphatic heterocycles. The van der Waals surface area contributed by atoms with Crippen LogP contribution >= 0.6 is 11.6 Å². The largest absolute Gasteiger partial charge is 0.388 e. The van der Waals surface area contributed by atoms with E-state index in [9.17, 15) is 9.90 Å². The molecule has 1 aromatic rings. The summed E-state index contributed by atoms with van der Waals surface area (Å²) < 4.78 is 0. The highest BCUT2D eigenvalue weighted by Crippen LogP contribution is 2.31. The number of carbonyl (C=O) groups is 1. The first-order valence-electron chi connectivity index (χ1n) is 8.10. The first-order chi connectivity index (χ1) is 10.6. The number of aliphatic hydroxyl groups excluding tert-OH is 1. The van der Waals surface area contributed by atoms with Gasteiger partial charge in [-0.05, 0) is 55.2 Å². The van der Waals surface area contributed by atoms with Gasteiger partial charge < -0.3 is 15.3 Å². The van der Waals surface area contributed by atoms with Crippen molar-refractivity contribution in [1.29, 1.82) is 0 Å². The Morgan fingerprint density at radius 3 is 2.45 bits per heavy atom. The van der Waals surface area contributed by atoms with Crippen molar-refractivity contribution in [1.82, 2.24) is 10.2 Å². The maximum absolute atomic E-state index is 12.1. The van der Waals surface area contributed by atoms with Crippen molar-refractivity contribution in [3.63, 3.8) is 0 Å². The molecule has 0 bridgehead atoms. The van der Waals surface area contributed by atoms with Crippen LogP contribution in [0.15, 0.2) is 24.3 Å². The summed E-state index contributed by atoms with van der Waals surface area (Å²) in [6.07, 6.45) is 3.68. The van der Waals surface area contributed by atoms with E-state index in [0.717, 1.165) is 24.9 Å². The third-order valence-corrected chi connectivity index (χ3v) is 4.98. The molecule has 0 radical (unpaired) electrons. The van der Waals surface area contributed by atoms with Gasteiger partial charge in [0.05, 0.1) is 6.10 Å². The van der Waals surface area contributed by atoms with Gasteiger partial charge in [-0.2, -0.15) is 0 Å². The summed E-state index contributed by atoms with van der Waals surface area (Å²) in [5, 5.41) is 14.2. The van der Waals surface area contributed by atoms with Crippen molar-refractivity contribution < 1.29 is 9.90 Å². The first-order valence-corrected chi connectivity index (χ1v) is 8.47. The third kappa shape index (κ3) is 3.93. The molecule has 2 aliphatic rings. The molecule has 1 aliphatic carbocycles.